The van der Waals surface area contributed by atoms with Crippen molar-refractivity contribution in [1.82, 2.24) is 16.0 Å². The lowest BCUT2D eigenvalue weighted by Crippen LogP contribution is -2.47. The number of aliphatic hydroxyl groups excluding tert-OH is 1. The number of β-amino-alcohol motifs (C(OH)–C–C–N with tert-alkyl or cyclic N) is 1. The van der Waals surface area contributed by atoms with Crippen molar-refractivity contribution in [2.75, 3.05) is 26.2 Å². The largest absolute Gasteiger partial charge is 0.494 e. The Hall–Kier alpha value is -2.32. The van der Waals surface area contributed by atoms with Crippen molar-refractivity contribution < 1.29 is 24.5 Å². The molecule has 0 aliphatic carbocycles. The van der Waals surface area contributed by atoms with Crippen LogP contribution in [0.1, 0.15) is 32.8 Å². The first-order chi connectivity index (χ1) is 13.3. The van der Waals surface area contributed by atoms with E-state index in [-0.39, 0.29) is 12.1 Å². The number of carboxylic acids is 1. The number of hydrogen-bond donors (Lipinski definition) is 5. The first-order valence-electron chi connectivity index (χ1n) is 9.62. The molecule has 5 N–H and O–H groups in total. The fourth-order valence-corrected chi connectivity index (χ4v) is 2.56. The summed E-state index contributed by atoms with van der Waals surface area (Å²) in [5.41, 5.74) is 1.12. The molecule has 1 aliphatic heterocycles. The van der Waals surface area contributed by atoms with Crippen molar-refractivity contribution in [3.63, 3.8) is 0 Å². The van der Waals surface area contributed by atoms with E-state index in [9.17, 15) is 9.90 Å². The highest BCUT2D eigenvalue weighted by atomic mass is 16.5. The van der Waals surface area contributed by atoms with E-state index < -0.39 is 12.1 Å². The summed E-state index contributed by atoms with van der Waals surface area (Å²) >= 11 is 0. The lowest BCUT2D eigenvalue weighted by atomic mass is 10.1. The first-order valence-corrected chi connectivity index (χ1v) is 9.62. The zero-order valence-electron chi connectivity index (χ0n) is 16.9. The van der Waals surface area contributed by atoms with E-state index in [1.165, 1.54) is 0 Å². The number of carboxylic acid groups (broad SMARTS) is 1. The summed E-state index contributed by atoms with van der Waals surface area (Å²) in [4.78, 5) is 20.8. The number of urea groups is 1. The number of carbonyl (C=O) groups is 2. The average molecular weight is 396 g/mol. The number of rotatable bonds is 8. The first kappa shape index (κ1) is 23.7. The minimum Gasteiger partial charge on any atom is -0.494 e. The Labute approximate surface area is 166 Å². The van der Waals surface area contributed by atoms with Crippen molar-refractivity contribution >= 4 is 12.0 Å². The summed E-state index contributed by atoms with van der Waals surface area (Å²) in [6, 6.07) is 7.51. The lowest BCUT2D eigenvalue weighted by Gasteiger charge is -2.16. The van der Waals surface area contributed by atoms with Gasteiger partial charge in [-0.1, -0.05) is 26.0 Å². The second kappa shape index (κ2) is 13.0. The van der Waals surface area contributed by atoms with Crippen molar-refractivity contribution in [1.29, 1.82) is 0 Å². The predicted molar refractivity (Wildman–Crippen MR) is 108 cm³/mol. The normalized spacial score (nSPS) is 18.2. The monoisotopic (exact) mass is 395 g/mol. The zero-order valence-corrected chi connectivity index (χ0v) is 16.9. The summed E-state index contributed by atoms with van der Waals surface area (Å²) in [5.74, 6) is 0.669. The predicted octanol–water partition coefficient (Wildman–Crippen LogP) is 1.38. The molecule has 1 aromatic rings. The molecule has 2 atom stereocenters. The highest BCUT2D eigenvalue weighted by Gasteiger charge is 2.25. The Bertz CT molecular complexity index is 605. The molecule has 1 fully saturated rings. The summed E-state index contributed by atoms with van der Waals surface area (Å²) in [6.45, 7) is 7.82. The molecule has 8 heteroatoms. The van der Waals surface area contributed by atoms with Crippen LogP contribution < -0.4 is 20.7 Å². The van der Waals surface area contributed by atoms with E-state index in [4.69, 9.17) is 14.6 Å². The molecule has 28 heavy (non-hydrogen) atoms. The average Bonchev–Trinajstić information content (AvgIpc) is 2.99. The van der Waals surface area contributed by atoms with E-state index >= 15 is 0 Å². The Kier molecular flexibility index (Phi) is 11.0. The summed E-state index contributed by atoms with van der Waals surface area (Å²) in [7, 11) is 0. The Morgan fingerprint density at radius 1 is 1.32 bits per heavy atom. The van der Waals surface area contributed by atoms with Crippen molar-refractivity contribution in [3.05, 3.63) is 29.8 Å². The maximum absolute atomic E-state index is 11.8. The molecular formula is C20H33N3O5. The van der Waals surface area contributed by atoms with E-state index in [1.54, 1.807) is 0 Å². The highest BCUT2D eigenvalue weighted by molar-refractivity contribution is 5.74. The summed E-state index contributed by atoms with van der Waals surface area (Å²) in [6.07, 6.45) is 1.25. The highest BCUT2D eigenvalue weighted by Crippen LogP contribution is 2.14. The van der Waals surface area contributed by atoms with Crippen LogP contribution in [-0.2, 0) is 11.2 Å². The van der Waals surface area contributed by atoms with Gasteiger partial charge in [-0.15, -0.1) is 0 Å². The molecular weight excluding hydrogens is 362 g/mol. The van der Waals surface area contributed by atoms with Crippen molar-refractivity contribution in [3.8, 4) is 5.75 Å². The van der Waals surface area contributed by atoms with Gasteiger partial charge in [0.05, 0.1) is 18.8 Å². The third kappa shape index (κ3) is 10.7. The maximum atomic E-state index is 11.8. The molecule has 0 unspecified atom stereocenters. The van der Waals surface area contributed by atoms with Gasteiger partial charge in [0, 0.05) is 26.6 Å². The van der Waals surface area contributed by atoms with Crippen LogP contribution in [0.3, 0.4) is 0 Å². The second-order valence-corrected chi connectivity index (χ2v) is 7.18. The van der Waals surface area contributed by atoms with Crippen LogP contribution in [0.25, 0.3) is 0 Å². The molecule has 1 aliphatic rings. The Morgan fingerprint density at radius 2 is 2.04 bits per heavy atom. The number of aliphatic carboxylic acids is 1. The van der Waals surface area contributed by atoms with Gasteiger partial charge in [0.25, 0.3) is 5.97 Å². The fraction of sp³-hybridized carbons (Fsp3) is 0.600. The van der Waals surface area contributed by atoms with Crippen LogP contribution in [0.5, 0.6) is 5.75 Å². The van der Waals surface area contributed by atoms with Gasteiger partial charge < -0.3 is 30.9 Å². The number of hydrogen-bond acceptors (Lipinski definition) is 5. The molecule has 1 saturated heterocycles. The minimum absolute atomic E-state index is 0.220. The van der Waals surface area contributed by atoms with E-state index in [2.05, 4.69) is 29.8 Å². The molecule has 0 radical (unpaired) electrons. The zero-order chi connectivity index (χ0) is 20.9. The SMILES string of the molecule is CC(=O)O.CC(C)CCOc1cccc(CCNC(=O)N[C@@H]2CNC[C@H]2O)c1. The van der Waals surface area contributed by atoms with Crippen LogP contribution in [-0.4, -0.2) is 60.6 Å². The van der Waals surface area contributed by atoms with E-state index in [0.717, 1.165) is 37.7 Å². The number of carbonyl (C=O) groups excluding carboxylic acids is 1. The molecule has 158 valence electrons. The summed E-state index contributed by atoms with van der Waals surface area (Å²) < 4.78 is 5.75. The van der Waals surface area contributed by atoms with Gasteiger partial charge in [0.1, 0.15) is 5.75 Å². The third-order valence-electron chi connectivity index (χ3n) is 4.06. The number of benzene rings is 1. The molecule has 0 spiro atoms. The topological polar surface area (TPSA) is 120 Å². The lowest BCUT2D eigenvalue weighted by molar-refractivity contribution is -0.134. The van der Waals surface area contributed by atoms with E-state index in [1.807, 2.05) is 24.3 Å². The standard InChI is InChI=1S/C18H29N3O3.C2H4O2/c1-13(2)7-9-24-15-5-3-4-14(10-15)6-8-20-18(23)21-16-11-19-12-17(16)22;1-2(3)4/h3-5,10,13,16-17,19,22H,6-9,11-12H2,1-2H3,(H2,20,21,23);1H3,(H,3,4)/t16-,17-;/m1./s1. The van der Waals surface area contributed by atoms with Gasteiger partial charge in [-0.2, -0.15) is 0 Å². The van der Waals surface area contributed by atoms with Gasteiger partial charge in [0.15, 0.2) is 0 Å². The van der Waals surface area contributed by atoms with Crippen LogP contribution in [0, 0.1) is 5.92 Å². The number of ether oxygens (including phenoxy) is 1. The summed E-state index contributed by atoms with van der Waals surface area (Å²) in [5, 5.41) is 25.7. The number of nitrogens with one attached hydrogen (secondary N) is 3. The molecule has 0 aromatic heterocycles. The molecule has 0 bridgehead atoms. The third-order valence-corrected chi connectivity index (χ3v) is 4.06. The number of amides is 2. The van der Waals surface area contributed by atoms with Crippen LogP contribution >= 0.6 is 0 Å². The maximum Gasteiger partial charge on any atom is 0.315 e. The van der Waals surface area contributed by atoms with Gasteiger partial charge >= 0.3 is 6.03 Å². The molecule has 8 nitrogen and oxygen atoms in total. The van der Waals surface area contributed by atoms with E-state index in [0.29, 0.717) is 25.6 Å². The van der Waals surface area contributed by atoms with Crippen LogP contribution in [0.15, 0.2) is 24.3 Å². The van der Waals surface area contributed by atoms with Gasteiger partial charge in [-0.3, -0.25) is 4.79 Å². The smallest absolute Gasteiger partial charge is 0.315 e. The molecule has 2 amide bonds. The van der Waals surface area contributed by atoms with Crippen LogP contribution in [0.4, 0.5) is 4.79 Å². The van der Waals surface area contributed by atoms with Crippen molar-refractivity contribution in [2.45, 2.75) is 45.8 Å². The minimum atomic E-state index is -0.833. The molecule has 2 rings (SSSR count). The molecule has 0 saturated carbocycles. The van der Waals surface area contributed by atoms with Crippen molar-refractivity contribution in [2.24, 2.45) is 5.92 Å². The van der Waals surface area contributed by atoms with Gasteiger partial charge in [0.2, 0.25) is 0 Å². The molecule has 1 aromatic carbocycles. The second-order valence-electron chi connectivity index (χ2n) is 7.18. The molecule has 1 heterocycles. The quantitative estimate of drug-likeness (QED) is 0.454. The Morgan fingerprint density at radius 3 is 2.64 bits per heavy atom. The fourth-order valence-electron chi connectivity index (χ4n) is 2.56. The van der Waals surface area contributed by atoms with Gasteiger partial charge in [-0.05, 0) is 36.5 Å². The Balaban J connectivity index is 0.000000892. The number of aliphatic hydroxyl groups is 1. The van der Waals surface area contributed by atoms with Gasteiger partial charge in [-0.25, -0.2) is 4.79 Å². The van der Waals surface area contributed by atoms with Crippen LogP contribution in [0.2, 0.25) is 0 Å².